The van der Waals surface area contributed by atoms with Gasteiger partial charge in [-0.25, -0.2) is 9.97 Å². The number of nitrogens with two attached hydrogens (primary N) is 1. The monoisotopic (exact) mass is 218 g/mol. The van der Waals surface area contributed by atoms with Crippen LogP contribution in [0.2, 0.25) is 0 Å². The number of hydrogen-bond donors (Lipinski definition) is 2. The van der Waals surface area contributed by atoms with Gasteiger partial charge in [0.25, 0.3) is 0 Å². The van der Waals surface area contributed by atoms with Crippen LogP contribution >= 0.6 is 0 Å². The summed E-state index contributed by atoms with van der Waals surface area (Å²) in [7, 11) is 0. The van der Waals surface area contributed by atoms with E-state index < -0.39 is 0 Å². The third-order valence-corrected chi connectivity index (χ3v) is 3.77. The van der Waals surface area contributed by atoms with Gasteiger partial charge < -0.3 is 11.1 Å². The van der Waals surface area contributed by atoms with Gasteiger partial charge >= 0.3 is 0 Å². The molecule has 4 heteroatoms. The van der Waals surface area contributed by atoms with E-state index in [0.29, 0.717) is 6.04 Å². The fourth-order valence-electron chi connectivity index (χ4n) is 2.83. The number of aryl methyl sites for hydroxylation is 1. The van der Waals surface area contributed by atoms with Crippen LogP contribution in [0.3, 0.4) is 0 Å². The first-order valence-corrected chi connectivity index (χ1v) is 6.19. The molecule has 0 bridgehead atoms. The molecule has 0 amide bonds. The minimum atomic E-state index is 0.284. The Morgan fingerprint density at radius 1 is 1.19 bits per heavy atom. The molecule has 0 radical (unpaired) electrons. The maximum atomic E-state index is 6.07. The minimum absolute atomic E-state index is 0.284. The molecule has 1 saturated carbocycles. The lowest BCUT2D eigenvalue weighted by molar-refractivity contribution is 0.634. The van der Waals surface area contributed by atoms with E-state index >= 15 is 0 Å². The molecule has 0 aliphatic heterocycles. The molecule has 4 nitrogen and oxygen atoms in total. The molecular weight excluding hydrogens is 200 g/mol. The van der Waals surface area contributed by atoms with Crippen molar-refractivity contribution < 1.29 is 0 Å². The molecular formula is C12H18N4. The number of anilines is 1. The fourth-order valence-corrected chi connectivity index (χ4v) is 2.83. The summed E-state index contributed by atoms with van der Waals surface area (Å²) >= 11 is 0. The van der Waals surface area contributed by atoms with E-state index in [1.165, 1.54) is 30.5 Å². The molecule has 1 aromatic rings. The molecule has 2 aliphatic carbocycles. The quantitative estimate of drug-likeness (QED) is 0.784. The van der Waals surface area contributed by atoms with E-state index in [9.17, 15) is 0 Å². The van der Waals surface area contributed by atoms with Crippen molar-refractivity contribution >= 4 is 5.82 Å². The highest BCUT2D eigenvalue weighted by Gasteiger charge is 2.26. The molecule has 86 valence electrons. The maximum absolute atomic E-state index is 6.07. The second-order valence-electron chi connectivity index (χ2n) is 4.85. The Balaban J connectivity index is 1.82. The van der Waals surface area contributed by atoms with E-state index in [2.05, 4.69) is 15.3 Å². The van der Waals surface area contributed by atoms with Gasteiger partial charge in [-0.1, -0.05) is 0 Å². The minimum Gasteiger partial charge on any atom is -0.365 e. The molecule has 2 atom stereocenters. The largest absolute Gasteiger partial charge is 0.365 e. The summed E-state index contributed by atoms with van der Waals surface area (Å²) in [4.78, 5) is 8.70. The number of aromatic nitrogens is 2. The lowest BCUT2D eigenvalue weighted by Crippen LogP contribution is -2.35. The second kappa shape index (κ2) is 4.01. The zero-order chi connectivity index (χ0) is 11.0. The highest BCUT2D eigenvalue weighted by atomic mass is 15.1. The Hall–Kier alpha value is -1.16. The van der Waals surface area contributed by atoms with Crippen molar-refractivity contribution in [3.05, 3.63) is 17.6 Å². The van der Waals surface area contributed by atoms with Crippen LogP contribution in [0.4, 0.5) is 5.82 Å². The van der Waals surface area contributed by atoms with E-state index in [1.54, 1.807) is 6.33 Å². The normalized spacial score (nSPS) is 28.1. The predicted octanol–water partition coefficient (Wildman–Crippen LogP) is 1.26. The Labute approximate surface area is 95.7 Å². The van der Waals surface area contributed by atoms with Crippen molar-refractivity contribution in [2.45, 2.75) is 50.6 Å². The zero-order valence-electron chi connectivity index (χ0n) is 9.45. The van der Waals surface area contributed by atoms with Gasteiger partial charge in [-0.05, 0) is 38.5 Å². The molecule has 3 rings (SSSR count). The van der Waals surface area contributed by atoms with Crippen molar-refractivity contribution in [2.24, 2.45) is 5.73 Å². The molecule has 2 unspecified atom stereocenters. The third-order valence-electron chi connectivity index (χ3n) is 3.77. The molecule has 0 spiro atoms. The van der Waals surface area contributed by atoms with Crippen molar-refractivity contribution in [1.29, 1.82) is 0 Å². The SMILES string of the molecule is NC1CCCC1Nc1ncnc2c1CCC2. The predicted molar refractivity (Wildman–Crippen MR) is 63.3 cm³/mol. The van der Waals surface area contributed by atoms with E-state index in [4.69, 9.17) is 5.73 Å². The average molecular weight is 218 g/mol. The van der Waals surface area contributed by atoms with Gasteiger partial charge in [0.2, 0.25) is 0 Å². The van der Waals surface area contributed by atoms with Crippen LogP contribution in [0.1, 0.15) is 36.9 Å². The molecule has 0 aromatic carbocycles. The lowest BCUT2D eigenvalue weighted by atomic mass is 10.1. The van der Waals surface area contributed by atoms with E-state index in [1.807, 2.05) is 0 Å². The van der Waals surface area contributed by atoms with Crippen LogP contribution in [0, 0.1) is 0 Å². The number of hydrogen-bond acceptors (Lipinski definition) is 4. The molecule has 1 fully saturated rings. The topological polar surface area (TPSA) is 63.8 Å². The summed E-state index contributed by atoms with van der Waals surface area (Å²) in [6, 6.07) is 0.687. The summed E-state index contributed by atoms with van der Waals surface area (Å²) in [6.07, 6.45) is 8.62. The van der Waals surface area contributed by atoms with Gasteiger partial charge in [0, 0.05) is 23.3 Å². The zero-order valence-corrected chi connectivity index (χ0v) is 9.45. The first kappa shape index (κ1) is 10.0. The number of rotatable bonds is 2. The van der Waals surface area contributed by atoms with Gasteiger partial charge in [0.15, 0.2) is 0 Å². The van der Waals surface area contributed by atoms with Gasteiger partial charge in [-0.15, -0.1) is 0 Å². The fraction of sp³-hybridized carbons (Fsp3) is 0.667. The summed E-state index contributed by atoms with van der Waals surface area (Å²) in [5.74, 6) is 1.03. The second-order valence-corrected chi connectivity index (χ2v) is 4.85. The van der Waals surface area contributed by atoms with Gasteiger partial charge in [0.1, 0.15) is 12.1 Å². The highest BCUT2D eigenvalue weighted by Crippen LogP contribution is 2.28. The van der Waals surface area contributed by atoms with Crippen molar-refractivity contribution in [3.63, 3.8) is 0 Å². The van der Waals surface area contributed by atoms with Crippen LogP contribution in [-0.2, 0) is 12.8 Å². The smallest absolute Gasteiger partial charge is 0.133 e. The number of fused-ring (bicyclic) bond motifs is 1. The molecule has 16 heavy (non-hydrogen) atoms. The average Bonchev–Trinajstić information content (AvgIpc) is 2.89. The maximum Gasteiger partial charge on any atom is 0.133 e. The van der Waals surface area contributed by atoms with E-state index in [-0.39, 0.29) is 6.04 Å². The first-order valence-electron chi connectivity index (χ1n) is 6.19. The standard InChI is InChI=1S/C12H18N4/c13-9-4-2-6-11(9)16-12-8-3-1-5-10(8)14-7-15-12/h7,9,11H,1-6,13H2,(H,14,15,16). The van der Waals surface area contributed by atoms with Gasteiger partial charge in [-0.2, -0.15) is 0 Å². The Morgan fingerprint density at radius 3 is 2.94 bits per heavy atom. The van der Waals surface area contributed by atoms with Crippen LogP contribution in [0.5, 0.6) is 0 Å². The number of nitrogens with zero attached hydrogens (tertiary/aromatic N) is 2. The summed E-state index contributed by atoms with van der Waals surface area (Å²) in [6.45, 7) is 0. The van der Waals surface area contributed by atoms with Crippen molar-refractivity contribution in [2.75, 3.05) is 5.32 Å². The summed E-state index contributed by atoms with van der Waals surface area (Å²) < 4.78 is 0. The van der Waals surface area contributed by atoms with Crippen LogP contribution in [0.15, 0.2) is 6.33 Å². The van der Waals surface area contributed by atoms with Gasteiger partial charge in [0.05, 0.1) is 0 Å². The van der Waals surface area contributed by atoms with Crippen LogP contribution < -0.4 is 11.1 Å². The highest BCUT2D eigenvalue weighted by molar-refractivity contribution is 5.49. The van der Waals surface area contributed by atoms with E-state index in [0.717, 1.165) is 25.1 Å². The summed E-state index contributed by atoms with van der Waals surface area (Å²) in [5, 5.41) is 3.51. The Kier molecular flexibility index (Phi) is 2.52. The van der Waals surface area contributed by atoms with Crippen LogP contribution in [0.25, 0.3) is 0 Å². The molecule has 1 heterocycles. The van der Waals surface area contributed by atoms with Crippen molar-refractivity contribution in [3.8, 4) is 0 Å². The lowest BCUT2D eigenvalue weighted by Gasteiger charge is -2.19. The molecule has 0 saturated heterocycles. The Morgan fingerprint density at radius 2 is 2.12 bits per heavy atom. The molecule has 3 N–H and O–H groups in total. The number of nitrogens with one attached hydrogen (secondary N) is 1. The molecule has 2 aliphatic rings. The third kappa shape index (κ3) is 1.67. The van der Waals surface area contributed by atoms with Gasteiger partial charge in [-0.3, -0.25) is 0 Å². The molecule has 1 aromatic heterocycles. The van der Waals surface area contributed by atoms with Crippen molar-refractivity contribution in [1.82, 2.24) is 9.97 Å². The van der Waals surface area contributed by atoms with Crippen LogP contribution in [-0.4, -0.2) is 22.1 Å². The Bertz CT molecular complexity index is 391. The summed E-state index contributed by atoms with van der Waals surface area (Å²) in [5.41, 5.74) is 8.61. The first-order chi connectivity index (χ1) is 7.84.